The van der Waals surface area contributed by atoms with Crippen LogP contribution in [-0.2, 0) is 13.1 Å². The van der Waals surface area contributed by atoms with E-state index in [1.54, 1.807) is 12.0 Å². The fraction of sp³-hybridized carbons (Fsp3) is 0.273. The largest absolute Gasteiger partial charge is 0.496 e. The summed E-state index contributed by atoms with van der Waals surface area (Å²) in [6, 6.07) is 19.2. The lowest BCUT2D eigenvalue weighted by atomic mass is 10.1. The second-order valence-electron chi connectivity index (χ2n) is 6.83. The van der Waals surface area contributed by atoms with Crippen molar-refractivity contribution in [2.75, 3.05) is 7.11 Å². The summed E-state index contributed by atoms with van der Waals surface area (Å²) in [4.78, 5) is 14.4. The maximum absolute atomic E-state index is 12.7. The molecule has 0 aliphatic carbocycles. The Bertz CT molecular complexity index is 906. The van der Waals surface area contributed by atoms with Gasteiger partial charge in [-0.3, -0.25) is 0 Å². The predicted octanol–water partition coefficient (Wildman–Crippen LogP) is 4.47. The van der Waals surface area contributed by atoms with Crippen LogP contribution in [0.3, 0.4) is 0 Å². The van der Waals surface area contributed by atoms with Gasteiger partial charge in [-0.1, -0.05) is 47.6 Å². The molecule has 0 unspecified atom stereocenters. The van der Waals surface area contributed by atoms with Crippen LogP contribution in [-0.4, -0.2) is 29.2 Å². The average Bonchev–Trinajstić information content (AvgIpc) is 3.16. The lowest BCUT2D eigenvalue weighted by molar-refractivity contribution is 0.188. The number of hydrogen-bond donors (Lipinski definition) is 1. The Morgan fingerprint density at radius 2 is 1.82 bits per heavy atom. The zero-order valence-corrected chi connectivity index (χ0v) is 16.4. The molecule has 0 spiro atoms. The van der Waals surface area contributed by atoms with Crippen LogP contribution < -0.4 is 10.1 Å². The molecule has 6 heteroatoms. The molecule has 0 saturated heterocycles. The first-order valence-corrected chi connectivity index (χ1v) is 9.25. The number of nitrogens with zero attached hydrogens (tertiary/aromatic N) is 2. The van der Waals surface area contributed by atoms with Crippen molar-refractivity contribution in [1.82, 2.24) is 15.4 Å². The number of carbonyl (C=O) groups is 1. The highest BCUT2D eigenvalue weighted by Gasteiger charge is 2.18. The number of nitrogens with one attached hydrogen (secondary N) is 1. The molecule has 0 radical (unpaired) electrons. The van der Waals surface area contributed by atoms with Gasteiger partial charge in [-0.05, 0) is 31.5 Å². The molecule has 28 heavy (non-hydrogen) atoms. The van der Waals surface area contributed by atoms with Gasteiger partial charge in [0.25, 0.3) is 0 Å². The fourth-order valence-electron chi connectivity index (χ4n) is 2.90. The van der Waals surface area contributed by atoms with Crippen molar-refractivity contribution in [2.24, 2.45) is 0 Å². The number of aromatic nitrogens is 1. The topological polar surface area (TPSA) is 67.6 Å². The van der Waals surface area contributed by atoms with Crippen molar-refractivity contribution < 1.29 is 14.1 Å². The number of methoxy groups -OCH3 is 1. The van der Waals surface area contributed by atoms with E-state index in [0.717, 1.165) is 11.1 Å². The molecule has 146 valence electrons. The third kappa shape index (κ3) is 4.91. The third-order valence-electron chi connectivity index (χ3n) is 4.20. The number of benzene rings is 2. The summed E-state index contributed by atoms with van der Waals surface area (Å²) in [6.45, 7) is 4.70. The number of ether oxygens (including phenoxy) is 1. The monoisotopic (exact) mass is 379 g/mol. The van der Waals surface area contributed by atoms with Crippen LogP contribution in [0.5, 0.6) is 5.75 Å². The highest BCUT2D eigenvalue weighted by Crippen LogP contribution is 2.30. The molecule has 0 atom stereocenters. The molecule has 1 N–H and O–H groups in total. The van der Waals surface area contributed by atoms with Gasteiger partial charge in [0.15, 0.2) is 5.76 Å². The van der Waals surface area contributed by atoms with Gasteiger partial charge in [-0.2, -0.15) is 0 Å². The van der Waals surface area contributed by atoms with Gasteiger partial charge in [0.05, 0.1) is 19.2 Å². The molecular weight excluding hydrogens is 354 g/mol. The summed E-state index contributed by atoms with van der Waals surface area (Å²) in [5, 5.41) is 7.11. The number of amides is 2. The first kappa shape index (κ1) is 19.5. The first-order chi connectivity index (χ1) is 13.6. The van der Waals surface area contributed by atoms with Crippen molar-refractivity contribution in [1.29, 1.82) is 0 Å². The van der Waals surface area contributed by atoms with E-state index in [0.29, 0.717) is 30.3 Å². The van der Waals surface area contributed by atoms with Crippen molar-refractivity contribution in [3.63, 3.8) is 0 Å². The highest BCUT2D eigenvalue weighted by atomic mass is 16.5. The summed E-state index contributed by atoms with van der Waals surface area (Å²) in [5.74, 6) is 1.32. The lowest BCUT2D eigenvalue weighted by Crippen LogP contribution is -2.42. The number of hydrogen-bond acceptors (Lipinski definition) is 4. The van der Waals surface area contributed by atoms with E-state index in [4.69, 9.17) is 9.26 Å². The number of para-hydroxylation sites is 1. The number of carbonyl (C=O) groups excluding carboxylic acids is 1. The molecule has 0 aliphatic rings. The van der Waals surface area contributed by atoms with Gasteiger partial charge in [-0.15, -0.1) is 0 Å². The van der Waals surface area contributed by atoms with Crippen molar-refractivity contribution in [3.05, 3.63) is 71.9 Å². The molecule has 2 amide bonds. The molecule has 1 heterocycles. The Morgan fingerprint density at radius 1 is 1.11 bits per heavy atom. The molecule has 6 nitrogen and oxygen atoms in total. The van der Waals surface area contributed by atoms with Crippen molar-refractivity contribution in [3.8, 4) is 17.1 Å². The lowest BCUT2D eigenvalue weighted by Gasteiger charge is -2.23. The number of urea groups is 1. The smallest absolute Gasteiger partial charge is 0.318 e. The van der Waals surface area contributed by atoms with Crippen molar-refractivity contribution >= 4 is 6.03 Å². The summed E-state index contributed by atoms with van der Waals surface area (Å²) in [5.41, 5.74) is 2.55. The van der Waals surface area contributed by atoms with Crippen LogP contribution in [0.15, 0.2) is 65.2 Å². The minimum Gasteiger partial charge on any atom is -0.496 e. The molecule has 0 saturated carbocycles. The van der Waals surface area contributed by atoms with Crippen LogP contribution in [0.1, 0.15) is 25.1 Å². The zero-order valence-electron chi connectivity index (χ0n) is 16.4. The van der Waals surface area contributed by atoms with E-state index in [-0.39, 0.29) is 12.1 Å². The van der Waals surface area contributed by atoms with Crippen LogP contribution in [0, 0.1) is 0 Å². The molecule has 2 aromatic carbocycles. The maximum atomic E-state index is 12.7. The van der Waals surface area contributed by atoms with Crippen LogP contribution in [0.2, 0.25) is 0 Å². The zero-order chi connectivity index (χ0) is 19.9. The van der Waals surface area contributed by atoms with Crippen LogP contribution in [0.25, 0.3) is 11.3 Å². The summed E-state index contributed by atoms with van der Waals surface area (Å²) < 4.78 is 10.9. The van der Waals surface area contributed by atoms with Gasteiger partial charge in [0.2, 0.25) is 0 Å². The maximum Gasteiger partial charge on any atom is 0.318 e. The van der Waals surface area contributed by atoms with E-state index < -0.39 is 0 Å². The number of rotatable bonds is 7. The van der Waals surface area contributed by atoms with Gasteiger partial charge in [0, 0.05) is 18.7 Å². The summed E-state index contributed by atoms with van der Waals surface area (Å²) in [7, 11) is 1.62. The Morgan fingerprint density at radius 3 is 2.54 bits per heavy atom. The normalized spacial score (nSPS) is 10.7. The third-order valence-corrected chi connectivity index (χ3v) is 4.20. The molecular formula is C22H25N3O3. The molecule has 0 bridgehead atoms. The van der Waals surface area contributed by atoms with Gasteiger partial charge < -0.3 is 19.5 Å². The van der Waals surface area contributed by atoms with E-state index in [1.165, 1.54) is 0 Å². The van der Waals surface area contributed by atoms with Crippen LogP contribution in [0.4, 0.5) is 4.79 Å². The van der Waals surface area contributed by atoms with E-state index >= 15 is 0 Å². The average molecular weight is 379 g/mol. The van der Waals surface area contributed by atoms with E-state index in [9.17, 15) is 4.79 Å². The van der Waals surface area contributed by atoms with Gasteiger partial charge in [-0.25, -0.2) is 4.79 Å². The molecule has 1 aromatic heterocycles. The molecule has 0 aliphatic heterocycles. The quantitative estimate of drug-likeness (QED) is 0.658. The highest BCUT2D eigenvalue weighted by molar-refractivity contribution is 5.74. The first-order valence-electron chi connectivity index (χ1n) is 9.25. The second-order valence-corrected chi connectivity index (χ2v) is 6.83. The Labute approximate surface area is 165 Å². The Kier molecular flexibility index (Phi) is 6.32. The summed E-state index contributed by atoms with van der Waals surface area (Å²) >= 11 is 0. The molecule has 3 rings (SSSR count). The fourth-order valence-corrected chi connectivity index (χ4v) is 2.90. The molecule has 3 aromatic rings. The minimum atomic E-state index is -0.138. The predicted molar refractivity (Wildman–Crippen MR) is 108 cm³/mol. The van der Waals surface area contributed by atoms with Crippen LogP contribution >= 0.6 is 0 Å². The standard InChI is InChI=1S/C22H25N3O3/c1-16(2)23-22(26)25(14-17-9-5-4-6-10-17)15-18-13-21(28-24-18)19-11-7-8-12-20(19)27-3/h4-13,16H,14-15H2,1-3H3,(H,23,26). The SMILES string of the molecule is COc1ccccc1-c1cc(CN(Cc2ccccc2)C(=O)NC(C)C)no1. The minimum absolute atomic E-state index is 0.0484. The summed E-state index contributed by atoms with van der Waals surface area (Å²) in [6.07, 6.45) is 0. The Hall–Kier alpha value is -3.28. The van der Waals surface area contributed by atoms with Gasteiger partial charge in [0.1, 0.15) is 11.4 Å². The Balaban J connectivity index is 1.80. The van der Waals surface area contributed by atoms with E-state index in [2.05, 4.69) is 10.5 Å². The van der Waals surface area contributed by atoms with E-state index in [1.807, 2.05) is 74.5 Å². The molecule has 0 fully saturated rings. The van der Waals surface area contributed by atoms with Crippen molar-refractivity contribution in [2.45, 2.75) is 33.0 Å². The van der Waals surface area contributed by atoms with Gasteiger partial charge >= 0.3 is 6.03 Å². The second kappa shape index (κ2) is 9.08.